The first-order chi connectivity index (χ1) is 14.3. The quantitative estimate of drug-likeness (QED) is 0.733. The third-order valence-electron chi connectivity index (χ3n) is 5.53. The average molecular weight is 465 g/mol. The van der Waals surface area contributed by atoms with E-state index in [4.69, 9.17) is 9.90 Å². The molecule has 0 unspecified atom stereocenters. The third-order valence-corrected chi connectivity index (χ3v) is 6.36. The Morgan fingerprint density at radius 2 is 1.77 bits per heavy atom. The predicted molar refractivity (Wildman–Crippen MR) is 107 cm³/mol. The second kappa shape index (κ2) is 9.94. The van der Waals surface area contributed by atoms with Crippen LogP contribution in [0.4, 0.5) is 13.2 Å². The van der Waals surface area contributed by atoms with Crippen LogP contribution in [0, 0.1) is 12.3 Å². The monoisotopic (exact) mass is 464 g/mol. The molecule has 174 valence electrons. The molecule has 2 aliphatic rings. The van der Waals surface area contributed by atoms with Gasteiger partial charge in [0.15, 0.2) is 0 Å². The van der Waals surface area contributed by atoms with Crippen molar-refractivity contribution in [3.63, 3.8) is 0 Å². The fourth-order valence-electron chi connectivity index (χ4n) is 3.66. The number of hydrogen-bond acceptors (Lipinski definition) is 6. The summed E-state index contributed by atoms with van der Waals surface area (Å²) in [5.74, 6) is -2.58. The van der Waals surface area contributed by atoms with E-state index in [1.807, 2.05) is 6.92 Å². The Labute approximate surface area is 182 Å². The number of aliphatic carboxylic acids is 1. The van der Waals surface area contributed by atoms with Gasteiger partial charge < -0.3 is 14.9 Å². The van der Waals surface area contributed by atoms with Gasteiger partial charge in [-0.05, 0) is 39.3 Å². The highest BCUT2D eigenvalue weighted by atomic mass is 32.1. The van der Waals surface area contributed by atoms with Gasteiger partial charge in [0.1, 0.15) is 0 Å². The molecule has 2 amide bonds. The molecular formula is C19H27F3N4O4S. The Morgan fingerprint density at radius 3 is 2.23 bits per heavy atom. The molecule has 2 saturated heterocycles. The van der Waals surface area contributed by atoms with E-state index in [-0.39, 0.29) is 23.8 Å². The molecule has 12 heteroatoms. The van der Waals surface area contributed by atoms with Crippen LogP contribution in [0.1, 0.15) is 30.0 Å². The van der Waals surface area contributed by atoms with Crippen molar-refractivity contribution in [3.05, 3.63) is 16.1 Å². The van der Waals surface area contributed by atoms with Gasteiger partial charge in [-0.15, -0.1) is 11.3 Å². The molecule has 0 radical (unpaired) electrons. The summed E-state index contributed by atoms with van der Waals surface area (Å²) in [6.07, 6.45) is -2.42. The van der Waals surface area contributed by atoms with Gasteiger partial charge in [0, 0.05) is 32.6 Å². The molecular weight excluding hydrogens is 437 g/mol. The number of aromatic nitrogens is 1. The van der Waals surface area contributed by atoms with Crippen LogP contribution in [-0.4, -0.2) is 89.0 Å². The topological polar surface area (TPSA) is 94.1 Å². The molecule has 2 aliphatic heterocycles. The molecule has 0 saturated carbocycles. The van der Waals surface area contributed by atoms with Gasteiger partial charge in [0.05, 0.1) is 22.7 Å². The van der Waals surface area contributed by atoms with Crippen LogP contribution in [0.5, 0.6) is 0 Å². The Bertz CT molecular complexity index is 804. The molecule has 0 aromatic carbocycles. The molecule has 31 heavy (non-hydrogen) atoms. The zero-order chi connectivity index (χ0) is 23.4. The number of aryl methyl sites for hydroxylation is 1. The Kier molecular flexibility index (Phi) is 8.04. The number of carboxylic acids is 1. The van der Waals surface area contributed by atoms with Crippen molar-refractivity contribution in [1.29, 1.82) is 0 Å². The molecule has 0 aliphatic carbocycles. The summed E-state index contributed by atoms with van der Waals surface area (Å²) in [4.78, 5) is 43.8. The van der Waals surface area contributed by atoms with Crippen molar-refractivity contribution in [2.75, 3.05) is 40.3 Å². The number of nitrogens with zero attached hydrogens (tertiary/aromatic N) is 4. The van der Waals surface area contributed by atoms with Crippen LogP contribution in [0.3, 0.4) is 0 Å². The van der Waals surface area contributed by atoms with Gasteiger partial charge in [-0.2, -0.15) is 13.2 Å². The van der Waals surface area contributed by atoms with E-state index in [2.05, 4.69) is 15.3 Å². The number of carbonyl (C=O) groups excluding carboxylic acids is 2. The SMILES string of the molecule is Cc1nc(CN2CCC3(CC2)CCN(CC(=O)N(C)C)C3=O)cs1.O=C(O)C(F)(F)F. The van der Waals surface area contributed by atoms with Crippen molar-refractivity contribution >= 4 is 29.1 Å². The highest BCUT2D eigenvalue weighted by Gasteiger charge is 2.48. The maximum absolute atomic E-state index is 12.8. The van der Waals surface area contributed by atoms with Crippen LogP contribution in [-0.2, 0) is 20.9 Å². The maximum Gasteiger partial charge on any atom is 0.490 e. The molecule has 1 N–H and O–H groups in total. The van der Waals surface area contributed by atoms with Gasteiger partial charge in [0.25, 0.3) is 0 Å². The molecule has 8 nitrogen and oxygen atoms in total. The highest BCUT2D eigenvalue weighted by Crippen LogP contribution is 2.41. The fourth-order valence-corrected chi connectivity index (χ4v) is 4.27. The molecule has 0 atom stereocenters. The normalized spacial score (nSPS) is 18.6. The minimum absolute atomic E-state index is 0.00302. The number of likely N-dealkylation sites (N-methyl/N-ethyl adjacent to an activating group) is 1. The average Bonchev–Trinajstić information content (AvgIpc) is 3.22. The largest absolute Gasteiger partial charge is 0.490 e. The fraction of sp³-hybridized carbons (Fsp3) is 0.684. The number of carboxylic acid groups (broad SMARTS) is 1. The molecule has 1 spiro atoms. The van der Waals surface area contributed by atoms with Crippen molar-refractivity contribution in [2.24, 2.45) is 5.41 Å². The second-order valence-electron chi connectivity index (χ2n) is 7.98. The van der Waals surface area contributed by atoms with E-state index in [9.17, 15) is 22.8 Å². The van der Waals surface area contributed by atoms with Gasteiger partial charge in [-0.25, -0.2) is 9.78 Å². The Hall–Kier alpha value is -2.21. The third kappa shape index (κ3) is 6.63. The summed E-state index contributed by atoms with van der Waals surface area (Å²) in [6.45, 7) is 5.69. The molecule has 0 bridgehead atoms. The number of rotatable bonds is 4. The lowest BCUT2D eigenvalue weighted by Crippen LogP contribution is -2.46. The van der Waals surface area contributed by atoms with Crippen LogP contribution in [0.2, 0.25) is 0 Å². The van der Waals surface area contributed by atoms with E-state index >= 15 is 0 Å². The lowest BCUT2D eigenvalue weighted by Gasteiger charge is -2.37. The molecule has 1 aromatic rings. The Morgan fingerprint density at radius 1 is 1.23 bits per heavy atom. The number of alkyl halides is 3. The number of carbonyl (C=O) groups is 3. The van der Waals surface area contributed by atoms with E-state index in [0.717, 1.165) is 49.6 Å². The smallest absolute Gasteiger partial charge is 0.475 e. The first-order valence-corrected chi connectivity index (χ1v) is 10.6. The minimum Gasteiger partial charge on any atom is -0.475 e. The number of halogens is 3. The number of piperidine rings is 1. The van der Waals surface area contributed by atoms with Crippen LogP contribution in [0.15, 0.2) is 5.38 Å². The molecule has 2 fully saturated rings. The Balaban J connectivity index is 0.000000423. The lowest BCUT2D eigenvalue weighted by molar-refractivity contribution is -0.192. The number of thiazole rings is 1. The number of hydrogen-bond donors (Lipinski definition) is 1. The molecule has 3 rings (SSSR count). The van der Waals surface area contributed by atoms with E-state index in [0.29, 0.717) is 6.54 Å². The molecule has 1 aromatic heterocycles. The second-order valence-corrected chi connectivity index (χ2v) is 9.04. The summed E-state index contributed by atoms with van der Waals surface area (Å²) >= 11 is 1.69. The highest BCUT2D eigenvalue weighted by molar-refractivity contribution is 7.09. The van der Waals surface area contributed by atoms with Gasteiger partial charge in [-0.1, -0.05) is 0 Å². The van der Waals surface area contributed by atoms with E-state index in [1.165, 1.54) is 0 Å². The van der Waals surface area contributed by atoms with Crippen LogP contribution < -0.4 is 0 Å². The number of amides is 2. The van der Waals surface area contributed by atoms with Crippen LogP contribution in [0.25, 0.3) is 0 Å². The first-order valence-electron chi connectivity index (χ1n) is 9.77. The standard InChI is InChI=1S/C17H26N4O2S.C2HF3O2/c1-13-18-14(12-24-13)10-20-7-4-17(5-8-20)6-9-21(16(17)23)11-15(22)19(2)3;3-2(4,5)1(6)7/h12H,4-11H2,1-3H3;(H,6,7). The lowest BCUT2D eigenvalue weighted by atomic mass is 9.77. The molecule has 3 heterocycles. The van der Waals surface area contributed by atoms with Gasteiger partial charge >= 0.3 is 12.1 Å². The zero-order valence-electron chi connectivity index (χ0n) is 17.7. The minimum atomic E-state index is -5.08. The first kappa shape index (κ1) is 25.1. The summed E-state index contributed by atoms with van der Waals surface area (Å²) in [7, 11) is 3.47. The summed E-state index contributed by atoms with van der Waals surface area (Å²) in [6, 6.07) is 0. The van der Waals surface area contributed by atoms with Crippen molar-refractivity contribution in [2.45, 2.75) is 38.9 Å². The van der Waals surface area contributed by atoms with Gasteiger partial charge in [-0.3, -0.25) is 14.5 Å². The van der Waals surface area contributed by atoms with Gasteiger partial charge in [0.2, 0.25) is 11.8 Å². The van der Waals surface area contributed by atoms with Crippen molar-refractivity contribution in [3.8, 4) is 0 Å². The van der Waals surface area contributed by atoms with E-state index in [1.54, 1.807) is 35.2 Å². The predicted octanol–water partition coefficient (Wildman–Crippen LogP) is 1.99. The van der Waals surface area contributed by atoms with Crippen molar-refractivity contribution < 1.29 is 32.7 Å². The summed E-state index contributed by atoms with van der Waals surface area (Å²) in [5, 5.41) is 10.3. The zero-order valence-corrected chi connectivity index (χ0v) is 18.6. The van der Waals surface area contributed by atoms with Crippen molar-refractivity contribution in [1.82, 2.24) is 19.7 Å². The summed E-state index contributed by atoms with van der Waals surface area (Å²) < 4.78 is 31.7. The maximum atomic E-state index is 12.8. The van der Waals surface area contributed by atoms with Crippen LogP contribution >= 0.6 is 11.3 Å². The number of likely N-dealkylation sites (tertiary alicyclic amines) is 2. The summed E-state index contributed by atoms with van der Waals surface area (Å²) in [5.41, 5.74) is 0.894. The van der Waals surface area contributed by atoms with E-state index < -0.39 is 12.1 Å².